The molecular formula is C22H28N2O4. The fourth-order valence-corrected chi connectivity index (χ4v) is 3.55. The Kier molecular flexibility index (Phi) is 5.87. The predicted octanol–water partition coefficient (Wildman–Crippen LogP) is 3.88. The average molecular weight is 384 g/mol. The number of carbonyl (C=O) groups excluding carboxylic acids is 3. The Balaban J connectivity index is 1.43. The standard InChI is InChI=1S/C22H28N2O4/c1-22(2,3)28-21(27)23-14-11-16(12-15-23)8-6-7-13-24-19(25)17-9-4-5-10-18(17)20(24)26/h4-7,9-10,16H,8,11-15H2,1-3H3/b7-6+. The lowest BCUT2D eigenvalue weighted by molar-refractivity contribution is 0.0185. The SMILES string of the molecule is CC(C)(C)OC(=O)N1CCC(C/C=C/CN2C(=O)c3ccccc3C2=O)CC1. The van der Waals surface area contributed by atoms with E-state index in [2.05, 4.69) is 0 Å². The molecular weight excluding hydrogens is 356 g/mol. The molecule has 2 heterocycles. The third-order valence-electron chi connectivity index (χ3n) is 5.07. The number of fused-ring (bicyclic) bond motifs is 1. The van der Waals surface area contributed by atoms with E-state index in [1.54, 1.807) is 29.2 Å². The summed E-state index contributed by atoms with van der Waals surface area (Å²) in [6.45, 7) is 7.31. The molecule has 3 rings (SSSR count). The van der Waals surface area contributed by atoms with Crippen LogP contribution in [-0.4, -0.2) is 52.9 Å². The molecule has 3 amide bonds. The Morgan fingerprint density at radius 3 is 2.18 bits per heavy atom. The van der Waals surface area contributed by atoms with E-state index in [1.165, 1.54) is 4.90 Å². The van der Waals surface area contributed by atoms with Crippen molar-refractivity contribution in [1.29, 1.82) is 0 Å². The molecule has 0 spiro atoms. The summed E-state index contributed by atoms with van der Waals surface area (Å²) in [7, 11) is 0. The van der Waals surface area contributed by atoms with E-state index in [0.717, 1.165) is 19.3 Å². The van der Waals surface area contributed by atoms with E-state index in [-0.39, 0.29) is 17.9 Å². The van der Waals surface area contributed by atoms with Crippen LogP contribution in [0.5, 0.6) is 0 Å². The van der Waals surface area contributed by atoms with Crippen molar-refractivity contribution in [2.45, 2.75) is 45.6 Å². The molecule has 0 aromatic heterocycles. The fraction of sp³-hybridized carbons (Fsp3) is 0.500. The molecule has 2 aliphatic heterocycles. The van der Waals surface area contributed by atoms with Crippen LogP contribution in [0.3, 0.4) is 0 Å². The van der Waals surface area contributed by atoms with Crippen LogP contribution in [0.4, 0.5) is 4.79 Å². The molecule has 1 saturated heterocycles. The Morgan fingerprint density at radius 2 is 1.64 bits per heavy atom. The van der Waals surface area contributed by atoms with E-state index < -0.39 is 5.60 Å². The number of hydrogen-bond acceptors (Lipinski definition) is 4. The van der Waals surface area contributed by atoms with E-state index in [0.29, 0.717) is 36.7 Å². The Labute approximate surface area is 166 Å². The molecule has 1 fully saturated rings. The van der Waals surface area contributed by atoms with Crippen LogP contribution in [0.25, 0.3) is 0 Å². The average Bonchev–Trinajstić information content (AvgIpc) is 2.89. The molecule has 1 aromatic carbocycles. The summed E-state index contributed by atoms with van der Waals surface area (Å²) in [5.74, 6) is 0.0453. The molecule has 6 heteroatoms. The molecule has 0 saturated carbocycles. The highest BCUT2D eigenvalue weighted by molar-refractivity contribution is 6.21. The second-order valence-corrected chi connectivity index (χ2v) is 8.38. The molecule has 150 valence electrons. The van der Waals surface area contributed by atoms with Gasteiger partial charge in [0.2, 0.25) is 0 Å². The van der Waals surface area contributed by atoms with Crippen LogP contribution in [0, 0.1) is 5.92 Å². The van der Waals surface area contributed by atoms with Gasteiger partial charge in [0, 0.05) is 19.6 Å². The number of likely N-dealkylation sites (tertiary alicyclic amines) is 1. The second kappa shape index (κ2) is 8.17. The smallest absolute Gasteiger partial charge is 0.410 e. The van der Waals surface area contributed by atoms with Crippen molar-refractivity contribution in [2.24, 2.45) is 5.92 Å². The largest absolute Gasteiger partial charge is 0.444 e. The van der Waals surface area contributed by atoms with Crippen molar-refractivity contribution >= 4 is 17.9 Å². The lowest BCUT2D eigenvalue weighted by Gasteiger charge is -2.33. The van der Waals surface area contributed by atoms with Crippen molar-refractivity contribution in [3.63, 3.8) is 0 Å². The number of allylic oxidation sites excluding steroid dienone is 1. The molecule has 0 N–H and O–H groups in total. The first-order chi connectivity index (χ1) is 13.3. The number of nitrogens with zero attached hydrogens (tertiary/aromatic N) is 2. The second-order valence-electron chi connectivity index (χ2n) is 8.38. The van der Waals surface area contributed by atoms with E-state index in [1.807, 2.05) is 32.9 Å². The molecule has 0 radical (unpaired) electrons. The first kappa shape index (κ1) is 20.1. The van der Waals surface area contributed by atoms with Gasteiger partial charge in [-0.1, -0.05) is 24.3 Å². The number of carbonyl (C=O) groups is 3. The Hall–Kier alpha value is -2.63. The van der Waals surface area contributed by atoms with Crippen LogP contribution < -0.4 is 0 Å². The van der Waals surface area contributed by atoms with Crippen molar-refractivity contribution in [3.8, 4) is 0 Å². The molecule has 6 nitrogen and oxygen atoms in total. The van der Waals surface area contributed by atoms with Gasteiger partial charge in [-0.2, -0.15) is 0 Å². The van der Waals surface area contributed by atoms with Gasteiger partial charge in [-0.25, -0.2) is 4.79 Å². The number of imide groups is 1. The molecule has 2 aliphatic rings. The maximum absolute atomic E-state index is 12.3. The third kappa shape index (κ3) is 4.61. The monoisotopic (exact) mass is 384 g/mol. The molecule has 28 heavy (non-hydrogen) atoms. The van der Waals surface area contributed by atoms with Gasteiger partial charge < -0.3 is 9.64 Å². The van der Waals surface area contributed by atoms with E-state index in [4.69, 9.17) is 4.74 Å². The van der Waals surface area contributed by atoms with Crippen molar-refractivity contribution in [1.82, 2.24) is 9.80 Å². The van der Waals surface area contributed by atoms with Crippen molar-refractivity contribution in [3.05, 3.63) is 47.5 Å². The van der Waals surface area contributed by atoms with Gasteiger partial charge in [0.15, 0.2) is 0 Å². The molecule has 0 unspecified atom stereocenters. The van der Waals surface area contributed by atoms with Gasteiger partial charge in [-0.3, -0.25) is 14.5 Å². The summed E-state index contributed by atoms with van der Waals surface area (Å²) >= 11 is 0. The highest BCUT2D eigenvalue weighted by Crippen LogP contribution is 2.24. The molecule has 0 atom stereocenters. The number of benzene rings is 1. The van der Waals surface area contributed by atoms with Crippen molar-refractivity contribution in [2.75, 3.05) is 19.6 Å². The van der Waals surface area contributed by atoms with Crippen LogP contribution in [0.2, 0.25) is 0 Å². The van der Waals surface area contributed by atoms with E-state index in [9.17, 15) is 14.4 Å². The van der Waals surface area contributed by atoms with Gasteiger partial charge in [0.25, 0.3) is 11.8 Å². The minimum absolute atomic E-state index is 0.226. The number of rotatable bonds is 4. The maximum atomic E-state index is 12.3. The summed E-state index contributed by atoms with van der Waals surface area (Å²) < 4.78 is 5.42. The quantitative estimate of drug-likeness (QED) is 0.584. The summed E-state index contributed by atoms with van der Waals surface area (Å²) in [6.07, 6.45) is 6.42. The Bertz CT molecular complexity index is 751. The zero-order valence-corrected chi connectivity index (χ0v) is 16.8. The lowest BCUT2D eigenvalue weighted by atomic mass is 9.93. The van der Waals surface area contributed by atoms with Crippen LogP contribution in [0.1, 0.15) is 60.7 Å². The number of piperidine rings is 1. The lowest BCUT2D eigenvalue weighted by Crippen LogP contribution is -2.41. The highest BCUT2D eigenvalue weighted by atomic mass is 16.6. The van der Waals surface area contributed by atoms with Crippen molar-refractivity contribution < 1.29 is 19.1 Å². The molecule has 0 bridgehead atoms. The maximum Gasteiger partial charge on any atom is 0.410 e. The first-order valence-electron chi connectivity index (χ1n) is 9.84. The molecule has 0 aliphatic carbocycles. The third-order valence-corrected chi connectivity index (χ3v) is 5.07. The summed E-state index contributed by atoms with van der Waals surface area (Å²) in [5, 5.41) is 0. The van der Waals surface area contributed by atoms with Gasteiger partial charge in [0.05, 0.1) is 11.1 Å². The summed E-state index contributed by atoms with van der Waals surface area (Å²) in [4.78, 5) is 39.8. The minimum atomic E-state index is -0.471. The van der Waals surface area contributed by atoms with Crippen LogP contribution in [-0.2, 0) is 4.74 Å². The number of hydrogen-bond donors (Lipinski definition) is 0. The zero-order chi connectivity index (χ0) is 20.3. The summed E-state index contributed by atoms with van der Waals surface area (Å²) in [6, 6.07) is 6.93. The van der Waals surface area contributed by atoms with E-state index >= 15 is 0 Å². The zero-order valence-electron chi connectivity index (χ0n) is 16.8. The topological polar surface area (TPSA) is 66.9 Å². The first-order valence-corrected chi connectivity index (χ1v) is 9.84. The van der Waals surface area contributed by atoms with Gasteiger partial charge in [0.1, 0.15) is 5.60 Å². The summed E-state index contributed by atoms with van der Waals surface area (Å²) in [5.41, 5.74) is 0.492. The fourth-order valence-electron chi connectivity index (χ4n) is 3.55. The minimum Gasteiger partial charge on any atom is -0.444 e. The predicted molar refractivity (Wildman–Crippen MR) is 106 cm³/mol. The van der Waals surface area contributed by atoms with Gasteiger partial charge in [-0.15, -0.1) is 0 Å². The van der Waals surface area contributed by atoms with Gasteiger partial charge >= 0.3 is 6.09 Å². The number of ether oxygens (including phenoxy) is 1. The highest BCUT2D eigenvalue weighted by Gasteiger charge is 2.34. The normalized spacial score (nSPS) is 18.1. The van der Waals surface area contributed by atoms with Crippen LogP contribution in [0.15, 0.2) is 36.4 Å². The number of amides is 3. The Morgan fingerprint density at radius 1 is 1.07 bits per heavy atom. The molecule has 1 aromatic rings. The van der Waals surface area contributed by atoms with Crippen LogP contribution >= 0.6 is 0 Å². The van der Waals surface area contributed by atoms with Gasteiger partial charge in [-0.05, 0) is 58.1 Å².